The van der Waals surface area contributed by atoms with Crippen LogP contribution in [0.15, 0.2) is 48.5 Å². The molecule has 0 saturated carbocycles. The summed E-state index contributed by atoms with van der Waals surface area (Å²) < 4.78 is 5.22. The molecule has 0 saturated heterocycles. The molecule has 0 heterocycles. The quantitative estimate of drug-likeness (QED) is 0.826. The van der Waals surface area contributed by atoms with Crippen LogP contribution in [0.4, 0.5) is 0 Å². The topological polar surface area (TPSA) is 33.0 Å². The fourth-order valence-corrected chi connectivity index (χ4v) is 2.24. The summed E-state index contributed by atoms with van der Waals surface area (Å²) in [7, 11) is 1.65. The van der Waals surface area contributed by atoms with Crippen LogP contribution in [0.2, 0.25) is 0 Å². The molecule has 2 heteroatoms. The molecule has 0 aliphatic heterocycles. The van der Waals surface area contributed by atoms with Crippen molar-refractivity contribution in [2.75, 3.05) is 7.11 Å². The molecule has 0 bridgehead atoms. The second-order valence-corrected chi connectivity index (χ2v) is 4.59. The standard InChI is InChI=1S/C17H17NO/c1-13-6-3-4-9-17(13)15(12-18)10-14-7-5-8-16(11-14)19-2/h3-9,11,15H,10H2,1-2H3. The van der Waals surface area contributed by atoms with Gasteiger partial charge in [0.25, 0.3) is 0 Å². The molecule has 0 aliphatic rings. The van der Waals surface area contributed by atoms with Crippen molar-refractivity contribution < 1.29 is 4.74 Å². The van der Waals surface area contributed by atoms with Crippen LogP contribution >= 0.6 is 0 Å². The number of nitrogens with zero attached hydrogens (tertiary/aromatic N) is 1. The van der Waals surface area contributed by atoms with Crippen LogP contribution < -0.4 is 4.74 Å². The van der Waals surface area contributed by atoms with Gasteiger partial charge in [-0.05, 0) is 42.2 Å². The van der Waals surface area contributed by atoms with E-state index in [1.165, 1.54) is 0 Å². The van der Waals surface area contributed by atoms with Gasteiger partial charge in [-0.2, -0.15) is 5.26 Å². The van der Waals surface area contributed by atoms with Gasteiger partial charge in [-0.3, -0.25) is 0 Å². The van der Waals surface area contributed by atoms with E-state index in [2.05, 4.69) is 6.07 Å². The van der Waals surface area contributed by atoms with Crippen LogP contribution in [0.25, 0.3) is 0 Å². The van der Waals surface area contributed by atoms with Crippen LogP contribution in [0.3, 0.4) is 0 Å². The van der Waals surface area contributed by atoms with Gasteiger partial charge in [0.15, 0.2) is 0 Å². The molecule has 0 aliphatic carbocycles. The molecular formula is C17H17NO. The number of nitriles is 1. The summed E-state index contributed by atoms with van der Waals surface area (Å²) in [5.41, 5.74) is 3.39. The Bertz CT molecular complexity index is 598. The van der Waals surface area contributed by atoms with E-state index in [4.69, 9.17) is 4.74 Å². The molecule has 96 valence electrons. The maximum Gasteiger partial charge on any atom is 0.119 e. The minimum absolute atomic E-state index is 0.117. The van der Waals surface area contributed by atoms with Crippen LogP contribution in [-0.2, 0) is 6.42 Å². The molecule has 1 unspecified atom stereocenters. The third kappa shape index (κ3) is 3.14. The molecule has 2 rings (SSSR count). The molecule has 0 amide bonds. The van der Waals surface area contributed by atoms with Gasteiger partial charge in [0, 0.05) is 0 Å². The number of methoxy groups -OCH3 is 1. The van der Waals surface area contributed by atoms with Gasteiger partial charge < -0.3 is 4.74 Å². The van der Waals surface area contributed by atoms with E-state index in [0.717, 1.165) is 22.4 Å². The molecule has 2 aromatic rings. The molecule has 2 aromatic carbocycles. The Morgan fingerprint density at radius 3 is 2.63 bits per heavy atom. The first-order chi connectivity index (χ1) is 9.24. The van der Waals surface area contributed by atoms with E-state index in [9.17, 15) is 5.26 Å². The number of benzene rings is 2. The Kier molecular flexibility index (Phi) is 4.20. The first kappa shape index (κ1) is 13.2. The van der Waals surface area contributed by atoms with E-state index < -0.39 is 0 Å². The van der Waals surface area contributed by atoms with Crippen molar-refractivity contribution in [1.82, 2.24) is 0 Å². The summed E-state index contributed by atoms with van der Waals surface area (Å²) in [4.78, 5) is 0. The lowest BCUT2D eigenvalue weighted by Crippen LogP contribution is -2.02. The molecule has 19 heavy (non-hydrogen) atoms. The molecule has 0 aromatic heterocycles. The fourth-order valence-electron chi connectivity index (χ4n) is 2.24. The van der Waals surface area contributed by atoms with Crippen molar-refractivity contribution in [2.24, 2.45) is 0 Å². The molecule has 2 nitrogen and oxygen atoms in total. The van der Waals surface area contributed by atoms with Crippen LogP contribution in [-0.4, -0.2) is 7.11 Å². The van der Waals surface area contributed by atoms with Gasteiger partial charge in [-0.15, -0.1) is 0 Å². The molecule has 0 fully saturated rings. The second-order valence-electron chi connectivity index (χ2n) is 4.59. The molecule has 1 atom stereocenters. The summed E-state index contributed by atoms with van der Waals surface area (Å²) in [5.74, 6) is 0.715. The minimum Gasteiger partial charge on any atom is -0.497 e. The highest BCUT2D eigenvalue weighted by atomic mass is 16.5. The number of aryl methyl sites for hydroxylation is 1. The maximum atomic E-state index is 9.41. The van der Waals surface area contributed by atoms with Crippen LogP contribution in [0.1, 0.15) is 22.6 Å². The monoisotopic (exact) mass is 251 g/mol. The number of rotatable bonds is 4. The first-order valence-corrected chi connectivity index (χ1v) is 6.32. The highest BCUT2D eigenvalue weighted by Gasteiger charge is 2.13. The van der Waals surface area contributed by atoms with Gasteiger partial charge in [-0.1, -0.05) is 36.4 Å². The lowest BCUT2D eigenvalue weighted by molar-refractivity contribution is 0.414. The van der Waals surface area contributed by atoms with E-state index in [1.807, 2.05) is 55.5 Å². The Labute approximate surface area is 114 Å². The summed E-state index contributed by atoms with van der Waals surface area (Å²) in [5, 5.41) is 9.41. The Morgan fingerprint density at radius 2 is 1.95 bits per heavy atom. The average molecular weight is 251 g/mol. The molecular weight excluding hydrogens is 234 g/mol. The van der Waals surface area contributed by atoms with Gasteiger partial charge in [0.05, 0.1) is 19.1 Å². The lowest BCUT2D eigenvalue weighted by Gasteiger charge is -2.13. The highest BCUT2D eigenvalue weighted by Crippen LogP contribution is 2.24. The third-order valence-electron chi connectivity index (χ3n) is 3.29. The predicted molar refractivity (Wildman–Crippen MR) is 76.2 cm³/mol. The van der Waals surface area contributed by atoms with Crippen molar-refractivity contribution in [1.29, 1.82) is 5.26 Å². The zero-order chi connectivity index (χ0) is 13.7. The summed E-state index contributed by atoms with van der Waals surface area (Å²) in [6.45, 7) is 2.05. The van der Waals surface area contributed by atoms with E-state index >= 15 is 0 Å². The zero-order valence-electron chi connectivity index (χ0n) is 11.3. The highest BCUT2D eigenvalue weighted by molar-refractivity contribution is 5.36. The number of hydrogen-bond acceptors (Lipinski definition) is 2. The molecule has 0 radical (unpaired) electrons. The van der Waals surface area contributed by atoms with Crippen LogP contribution in [0, 0.1) is 18.3 Å². The van der Waals surface area contributed by atoms with E-state index in [1.54, 1.807) is 7.11 Å². The molecule has 0 N–H and O–H groups in total. The summed E-state index contributed by atoms with van der Waals surface area (Å²) in [6.07, 6.45) is 0.707. The van der Waals surface area contributed by atoms with Crippen molar-refractivity contribution in [3.63, 3.8) is 0 Å². The van der Waals surface area contributed by atoms with Crippen molar-refractivity contribution >= 4 is 0 Å². The fraction of sp³-hybridized carbons (Fsp3) is 0.235. The van der Waals surface area contributed by atoms with E-state index in [0.29, 0.717) is 6.42 Å². The molecule has 0 spiro atoms. The minimum atomic E-state index is -0.117. The van der Waals surface area contributed by atoms with E-state index in [-0.39, 0.29) is 5.92 Å². The van der Waals surface area contributed by atoms with Gasteiger partial charge in [-0.25, -0.2) is 0 Å². The van der Waals surface area contributed by atoms with Gasteiger partial charge in [0.1, 0.15) is 5.75 Å². The SMILES string of the molecule is COc1cccc(CC(C#N)c2ccccc2C)c1. The lowest BCUT2D eigenvalue weighted by atomic mass is 9.90. The number of ether oxygens (including phenoxy) is 1. The average Bonchev–Trinajstić information content (AvgIpc) is 2.46. The third-order valence-corrected chi connectivity index (χ3v) is 3.29. The summed E-state index contributed by atoms with van der Waals surface area (Å²) >= 11 is 0. The second kappa shape index (κ2) is 6.06. The Balaban J connectivity index is 2.25. The smallest absolute Gasteiger partial charge is 0.119 e. The Hall–Kier alpha value is -2.27. The predicted octanol–water partition coefficient (Wildman–Crippen LogP) is 3.85. The first-order valence-electron chi connectivity index (χ1n) is 6.32. The summed E-state index contributed by atoms with van der Waals surface area (Å²) in [6, 6.07) is 18.4. The van der Waals surface area contributed by atoms with Crippen molar-refractivity contribution in [3.8, 4) is 11.8 Å². The zero-order valence-corrected chi connectivity index (χ0v) is 11.3. The maximum absolute atomic E-state index is 9.41. The Morgan fingerprint density at radius 1 is 1.16 bits per heavy atom. The van der Waals surface area contributed by atoms with Gasteiger partial charge in [0.2, 0.25) is 0 Å². The van der Waals surface area contributed by atoms with Crippen molar-refractivity contribution in [2.45, 2.75) is 19.3 Å². The largest absolute Gasteiger partial charge is 0.497 e. The number of hydrogen-bond donors (Lipinski definition) is 0. The normalized spacial score (nSPS) is 11.6. The van der Waals surface area contributed by atoms with Gasteiger partial charge >= 0.3 is 0 Å². The van der Waals surface area contributed by atoms with Crippen molar-refractivity contribution in [3.05, 3.63) is 65.2 Å². The van der Waals surface area contributed by atoms with Crippen LogP contribution in [0.5, 0.6) is 5.75 Å².